The van der Waals surface area contributed by atoms with Gasteiger partial charge in [0.15, 0.2) is 0 Å². The predicted molar refractivity (Wildman–Crippen MR) is 186 cm³/mol. The zero-order valence-electron chi connectivity index (χ0n) is 24.2. The SMILES string of the molecule is c1ccc(-c2ccc(N(c3ccccc3)c3ccc4c(c3)c3ccccc3n4-c3ccccc3-c3ccccc3)cc2)cc1. The van der Waals surface area contributed by atoms with Crippen LogP contribution in [0.1, 0.15) is 0 Å². The Kier molecular flexibility index (Phi) is 6.51. The lowest BCUT2D eigenvalue weighted by Gasteiger charge is -2.26. The van der Waals surface area contributed by atoms with E-state index in [2.05, 4.69) is 191 Å². The van der Waals surface area contributed by atoms with Crippen molar-refractivity contribution in [2.45, 2.75) is 0 Å². The number of fused-ring (bicyclic) bond motifs is 3. The summed E-state index contributed by atoms with van der Waals surface area (Å²) in [6.45, 7) is 0. The maximum atomic E-state index is 2.41. The molecule has 0 amide bonds. The minimum atomic E-state index is 1.12. The summed E-state index contributed by atoms with van der Waals surface area (Å²) in [5.41, 5.74) is 11.8. The van der Waals surface area contributed by atoms with E-state index in [1.54, 1.807) is 0 Å². The van der Waals surface area contributed by atoms with Crippen LogP contribution in [0.5, 0.6) is 0 Å². The van der Waals surface area contributed by atoms with Crippen molar-refractivity contribution in [2.75, 3.05) is 4.90 Å². The van der Waals surface area contributed by atoms with E-state index in [1.807, 2.05) is 0 Å². The number of hydrogen-bond acceptors (Lipinski definition) is 1. The van der Waals surface area contributed by atoms with Crippen molar-refractivity contribution in [3.63, 3.8) is 0 Å². The van der Waals surface area contributed by atoms with Crippen molar-refractivity contribution in [3.8, 4) is 27.9 Å². The number of benzene rings is 7. The Morgan fingerprint density at radius 3 is 1.61 bits per heavy atom. The quantitative estimate of drug-likeness (QED) is 0.196. The number of aromatic nitrogens is 1. The second kappa shape index (κ2) is 11.1. The van der Waals surface area contributed by atoms with E-state index in [9.17, 15) is 0 Å². The fourth-order valence-corrected chi connectivity index (χ4v) is 6.35. The Labute approximate surface area is 257 Å². The highest BCUT2D eigenvalue weighted by Crippen LogP contribution is 2.41. The molecule has 7 aromatic carbocycles. The molecular formula is C42H30N2. The summed E-state index contributed by atoms with van der Waals surface area (Å²) in [5, 5.41) is 2.46. The first-order chi connectivity index (χ1) is 21.8. The predicted octanol–water partition coefficient (Wildman–Crippen LogP) is 11.6. The van der Waals surface area contributed by atoms with Gasteiger partial charge in [-0.1, -0.05) is 127 Å². The van der Waals surface area contributed by atoms with Gasteiger partial charge in [-0.05, 0) is 71.3 Å². The van der Waals surface area contributed by atoms with Crippen molar-refractivity contribution >= 4 is 38.9 Å². The smallest absolute Gasteiger partial charge is 0.0542 e. The largest absolute Gasteiger partial charge is 0.310 e. The first-order valence-electron chi connectivity index (χ1n) is 15.0. The maximum absolute atomic E-state index is 2.41. The lowest BCUT2D eigenvalue weighted by atomic mass is 10.0. The average molecular weight is 563 g/mol. The van der Waals surface area contributed by atoms with Crippen LogP contribution in [-0.2, 0) is 0 Å². The molecule has 0 saturated carbocycles. The molecule has 0 aliphatic heterocycles. The zero-order valence-corrected chi connectivity index (χ0v) is 24.2. The van der Waals surface area contributed by atoms with Crippen molar-refractivity contribution in [2.24, 2.45) is 0 Å². The fraction of sp³-hybridized carbons (Fsp3) is 0. The Morgan fingerprint density at radius 1 is 0.341 bits per heavy atom. The first-order valence-corrected chi connectivity index (χ1v) is 15.0. The molecule has 0 aliphatic carbocycles. The molecule has 1 heterocycles. The molecule has 0 N–H and O–H groups in total. The van der Waals surface area contributed by atoms with Gasteiger partial charge in [-0.25, -0.2) is 0 Å². The summed E-state index contributed by atoms with van der Waals surface area (Å²) in [6, 6.07) is 65.0. The maximum Gasteiger partial charge on any atom is 0.0542 e. The van der Waals surface area contributed by atoms with Crippen LogP contribution >= 0.6 is 0 Å². The summed E-state index contributed by atoms with van der Waals surface area (Å²) < 4.78 is 2.41. The molecule has 2 nitrogen and oxygen atoms in total. The molecule has 0 atom stereocenters. The molecule has 1 aromatic heterocycles. The summed E-state index contributed by atoms with van der Waals surface area (Å²) in [4.78, 5) is 2.35. The van der Waals surface area contributed by atoms with E-state index < -0.39 is 0 Å². The van der Waals surface area contributed by atoms with Crippen LogP contribution in [-0.4, -0.2) is 4.57 Å². The molecule has 8 rings (SSSR count). The molecular weight excluding hydrogens is 532 g/mol. The van der Waals surface area contributed by atoms with Crippen molar-refractivity contribution in [1.82, 2.24) is 4.57 Å². The highest BCUT2D eigenvalue weighted by Gasteiger charge is 2.18. The van der Waals surface area contributed by atoms with Gasteiger partial charge >= 0.3 is 0 Å². The van der Waals surface area contributed by atoms with Crippen LogP contribution in [0.15, 0.2) is 182 Å². The van der Waals surface area contributed by atoms with Gasteiger partial charge in [-0.3, -0.25) is 0 Å². The Bertz CT molecular complexity index is 2200. The third-order valence-corrected chi connectivity index (χ3v) is 8.39. The Hall–Kier alpha value is -5.86. The standard InChI is InChI=1S/C42H30N2/c1-4-14-31(15-5-1)32-24-26-35(27-25-32)43(34-18-8-3-9-19-34)36-28-29-42-39(30-36)38-21-11-13-23-41(38)44(42)40-22-12-10-20-37(40)33-16-6-2-7-17-33/h1-30H. The Balaban J connectivity index is 1.31. The van der Waals surface area contributed by atoms with E-state index in [4.69, 9.17) is 0 Å². The molecule has 0 saturated heterocycles. The van der Waals surface area contributed by atoms with E-state index >= 15 is 0 Å². The van der Waals surface area contributed by atoms with E-state index in [-0.39, 0.29) is 0 Å². The summed E-state index contributed by atoms with van der Waals surface area (Å²) in [7, 11) is 0. The van der Waals surface area contributed by atoms with Gasteiger partial charge in [0.05, 0.1) is 16.7 Å². The van der Waals surface area contributed by atoms with E-state index in [1.165, 1.54) is 49.7 Å². The molecule has 8 aromatic rings. The molecule has 0 aliphatic rings. The molecule has 0 unspecified atom stereocenters. The van der Waals surface area contributed by atoms with Gasteiger partial charge in [0.1, 0.15) is 0 Å². The summed E-state index contributed by atoms with van der Waals surface area (Å²) in [6.07, 6.45) is 0. The van der Waals surface area contributed by atoms with Gasteiger partial charge in [-0.15, -0.1) is 0 Å². The van der Waals surface area contributed by atoms with Crippen molar-refractivity contribution in [3.05, 3.63) is 182 Å². The number of anilines is 3. The molecule has 2 heteroatoms. The van der Waals surface area contributed by atoms with E-state index in [0.717, 1.165) is 17.1 Å². The van der Waals surface area contributed by atoms with Crippen LogP contribution in [0.4, 0.5) is 17.1 Å². The minimum Gasteiger partial charge on any atom is -0.310 e. The lowest BCUT2D eigenvalue weighted by molar-refractivity contribution is 1.18. The number of hydrogen-bond donors (Lipinski definition) is 0. The molecule has 0 fully saturated rings. The fourth-order valence-electron chi connectivity index (χ4n) is 6.35. The normalized spacial score (nSPS) is 11.2. The second-order valence-corrected chi connectivity index (χ2v) is 11.0. The third kappa shape index (κ3) is 4.54. The van der Waals surface area contributed by atoms with Gasteiger partial charge in [-0.2, -0.15) is 0 Å². The average Bonchev–Trinajstić information content (AvgIpc) is 3.44. The van der Waals surface area contributed by atoms with Crippen LogP contribution < -0.4 is 4.90 Å². The summed E-state index contributed by atoms with van der Waals surface area (Å²) >= 11 is 0. The van der Waals surface area contributed by atoms with Gasteiger partial charge in [0.25, 0.3) is 0 Å². The first kappa shape index (κ1) is 25.8. The minimum absolute atomic E-state index is 1.12. The summed E-state index contributed by atoms with van der Waals surface area (Å²) in [5.74, 6) is 0. The molecule has 0 bridgehead atoms. The third-order valence-electron chi connectivity index (χ3n) is 8.39. The molecule has 208 valence electrons. The van der Waals surface area contributed by atoms with Crippen LogP contribution in [0.25, 0.3) is 49.7 Å². The molecule has 0 spiro atoms. The number of para-hydroxylation sites is 3. The number of rotatable bonds is 6. The number of nitrogens with zero attached hydrogens (tertiary/aromatic N) is 2. The van der Waals surface area contributed by atoms with Crippen molar-refractivity contribution in [1.29, 1.82) is 0 Å². The lowest BCUT2D eigenvalue weighted by Crippen LogP contribution is -2.09. The van der Waals surface area contributed by atoms with Crippen molar-refractivity contribution < 1.29 is 0 Å². The van der Waals surface area contributed by atoms with Crippen LogP contribution in [0, 0.1) is 0 Å². The zero-order chi connectivity index (χ0) is 29.3. The monoisotopic (exact) mass is 562 g/mol. The molecule has 44 heavy (non-hydrogen) atoms. The molecule has 0 radical (unpaired) electrons. The Morgan fingerprint density at radius 2 is 0.864 bits per heavy atom. The highest BCUT2D eigenvalue weighted by molar-refractivity contribution is 6.11. The van der Waals surface area contributed by atoms with Gasteiger partial charge < -0.3 is 9.47 Å². The topological polar surface area (TPSA) is 8.17 Å². The second-order valence-electron chi connectivity index (χ2n) is 11.0. The van der Waals surface area contributed by atoms with Crippen LogP contribution in [0.2, 0.25) is 0 Å². The van der Waals surface area contributed by atoms with Gasteiger partial charge in [0.2, 0.25) is 0 Å². The van der Waals surface area contributed by atoms with Gasteiger partial charge in [0, 0.05) is 33.4 Å². The van der Waals surface area contributed by atoms with Crippen LogP contribution in [0.3, 0.4) is 0 Å². The highest BCUT2D eigenvalue weighted by atomic mass is 15.1. The van der Waals surface area contributed by atoms with E-state index in [0.29, 0.717) is 0 Å².